The Labute approximate surface area is 212 Å². The summed E-state index contributed by atoms with van der Waals surface area (Å²) in [6.45, 7) is 6.86. The molecule has 0 saturated heterocycles. The molecule has 10 unspecified atom stereocenters. The van der Waals surface area contributed by atoms with Crippen LogP contribution in [0.4, 0.5) is 0 Å². The molecule has 0 heterocycles. The van der Waals surface area contributed by atoms with Crippen molar-refractivity contribution in [3.63, 3.8) is 0 Å². The van der Waals surface area contributed by atoms with Crippen LogP contribution in [0.1, 0.15) is 92.4 Å². The van der Waals surface area contributed by atoms with Crippen molar-refractivity contribution in [1.29, 1.82) is 0 Å². The first-order valence-electron chi connectivity index (χ1n) is 13.4. The lowest BCUT2D eigenvalue weighted by atomic mass is 9.43. The van der Waals surface area contributed by atoms with Gasteiger partial charge in [-0.25, -0.2) is 0 Å². The second-order valence-corrected chi connectivity index (χ2v) is 14.1. The summed E-state index contributed by atoms with van der Waals surface area (Å²) in [5.74, 6) is 2.28. The second kappa shape index (κ2) is 10.6. The van der Waals surface area contributed by atoms with Gasteiger partial charge in [0, 0.05) is 13.0 Å². The zero-order valence-electron chi connectivity index (χ0n) is 21.1. The molecule has 0 spiro atoms. The molecule has 0 radical (unpaired) electrons. The summed E-state index contributed by atoms with van der Waals surface area (Å²) in [7, 11) is -4.07. The fraction of sp³-hybridized carbons (Fsp3) is 0.963. The van der Waals surface area contributed by atoms with Crippen LogP contribution in [0, 0.1) is 46.3 Å². The zero-order valence-corrected chi connectivity index (χ0v) is 21.9. The quantitative estimate of drug-likeness (QED) is 0.380. The molecule has 4 fully saturated rings. The third-order valence-corrected chi connectivity index (χ3v) is 11.7. The van der Waals surface area contributed by atoms with Gasteiger partial charge in [-0.1, -0.05) is 28.2 Å². The summed E-state index contributed by atoms with van der Waals surface area (Å²) in [5.41, 5.74) is 0.105. The minimum Gasteiger partial charge on any atom is -0.393 e. The van der Waals surface area contributed by atoms with Crippen molar-refractivity contribution in [2.24, 2.45) is 46.3 Å². The predicted octanol–water partition coefficient (Wildman–Crippen LogP) is 4.03. The van der Waals surface area contributed by atoms with E-state index in [0.29, 0.717) is 48.3 Å². The zero-order chi connectivity index (χ0) is 24.9. The molecule has 0 aromatic rings. The Morgan fingerprint density at radius 1 is 1.06 bits per heavy atom. The molecule has 1 amide bonds. The van der Waals surface area contributed by atoms with Gasteiger partial charge in [0.1, 0.15) is 0 Å². The molecule has 35 heavy (non-hydrogen) atoms. The summed E-state index contributed by atoms with van der Waals surface area (Å²) < 4.78 is 30.5. The highest BCUT2D eigenvalue weighted by Crippen LogP contribution is 2.68. The second-order valence-electron chi connectivity index (χ2n) is 12.5. The smallest absolute Gasteiger partial charge is 0.266 e. The first-order valence-corrected chi connectivity index (χ1v) is 15.0. The molecule has 4 saturated carbocycles. The minimum atomic E-state index is -4.07. The van der Waals surface area contributed by atoms with Crippen LogP contribution in [0.15, 0.2) is 0 Å². The third kappa shape index (κ3) is 5.46. The molecule has 7 nitrogen and oxygen atoms in total. The third-order valence-electron chi connectivity index (χ3n) is 11.0. The molecular weight excluding hydrogens is 466 g/mol. The van der Waals surface area contributed by atoms with E-state index in [1.54, 1.807) is 0 Å². The normalized spacial score (nSPS) is 43.8. The van der Waals surface area contributed by atoms with Gasteiger partial charge in [-0.05, 0) is 104 Å². The average Bonchev–Trinajstić information content (AvgIpc) is 3.11. The van der Waals surface area contributed by atoms with Gasteiger partial charge in [0.2, 0.25) is 5.91 Å². The van der Waals surface area contributed by atoms with Crippen LogP contribution >= 0.6 is 0 Å². The summed E-state index contributed by atoms with van der Waals surface area (Å²) in [5, 5.41) is 24.5. The number of carbonyl (C=O) groups is 1. The number of aliphatic hydroxyl groups excluding tert-OH is 2. The largest absolute Gasteiger partial charge is 0.393 e. The van der Waals surface area contributed by atoms with E-state index in [9.17, 15) is 23.4 Å². The molecule has 4 N–H and O–H groups in total. The van der Waals surface area contributed by atoms with E-state index in [-0.39, 0.29) is 42.9 Å². The maximum absolute atomic E-state index is 12.2. The number of hydrogen-bond acceptors (Lipinski definition) is 5. The van der Waals surface area contributed by atoms with Crippen molar-refractivity contribution >= 4 is 16.0 Å². The van der Waals surface area contributed by atoms with E-state index in [2.05, 4.69) is 26.1 Å². The van der Waals surface area contributed by atoms with Gasteiger partial charge >= 0.3 is 0 Å². The van der Waals surface area contributed by atoms with Crippen LogP contribution < -0.4 is 5.32 Å². The molecule has 4 rings (SSSR count). The van der Waals surface area contributed by atoms with Crippen LogP contribution in [0.25, 0.3) is 0 Å². The maximum atomic E-state index is 12.2. The average molecular weight is 516 g/mol. The fourth-order valence-corrected chi connectivity index (χ4v) is 9.49. The number of fused-ring (bicyclic) bond motifs is 5. The fourth-order valence-electron chi connectivity index (χ4n) is 9.13. The highest BCUT2D eigenvalue weighted by Gasteiger charge is 2.63. The SMILES string of the molecule is C.CC(CCC(=O)NCCS(=O)(=O)O)C1CCC2C3CCC4CC(O)CCC4(C)C3CC(O)C12C. The number of aliphatic hydroxyl groups is 2. The monoisotopic (exact) mass is 515 g/mol. The molecule has 0 bridgehead atoms. The van der Waals surface area contributed by atoms with Gasteiger partial charge in [0.25, 0.3) is 10.1 Å². The van der Waals surface area contributed by atoms with E-state index in [1.807, 2.05) is 0 Å². The van der Waals surface area contributed by atoms with E-state index in [1.165, 1.54) is 12.8 Å². The first kappa shape index (κ1) is 28.9. The number of carbonyl (C=O) groups excluding carboxylic acids is 1. The van der Waals surface area contributed by atoms with Gasteiger partial charge in [-0.3, -0.25) is 9.35 Å². The molecule has 10 atom stereocenters. The summed E-state index contributed by atoms with van der Waals surface area (Å²) >= 11 is 0. The lowest BCUT2D eigenvalue weighted by Crippen LogP contribution is -2.58. The van der Waals surface area contributed by atoms with Crippen LogP contribution in [-0.2, 0) is 14.9 Å². The number of amides is 1. The Morgan fingerprint density at radius 3 is 2.46 bits per heavy atom. The minimum absolute atomic E-state index is 0. The van der Waals surface area contributed by atoms with E-state index >= 15 is 0 Å². The van der Waals surface area contributed by atoms with Gasteiger partial charge in [0.05, 0.1) is 18.0 Å². The lowest BCUT2D eigenvalue weighted by molar-refractivity contribution is -0.174. The van der Waals surface area contributed by atoms with Crippen LogP contribution in [-0.4, -0.2) is 53.6 Å². The van der Waals surface area contributed by atoms with Gasteiger partial charge in [-0.15, -0.1) is 0 Å². The van der Waals surface area contributed by atoms with E-state index in [0.717, 1.165) is 38.5 Å². The Bertz CT molecular complexity index is 864. The molecule has 0 aromatic carbocycles. The lowest BCUT2D eigenvalue weighted by Gasteiger charge is -2.62. The van der Waals surface area contributed by atoms with Crippen LogP contribution in [0.2, 0.25) is 0 Å². The highest BCUT2D eigenvalue weighted by molar-refractivity contribution is 7.85. The summed E-state index contributed by atoms with van der Waals surface area (Å²) in [6.07, 6.45) is 8.93. The van der Waals surface area contributed by atoms with Gasteiger partial charge in [-0.2, -0.15) is 8.42 Å². The van der Waals surface area contributed by atoms with Crippen molar-refractivity contribution in [2.45, 2.75) is 105 Å². The maximum Gasteiger partial charge on any atom is 0.266 e. The van der Waals surface area contributed by atoms with Gasteiger partial charge in [0.15, 0.2) is 0 Å². The molecule has 4 aliphatic rings. The summed E-state index contributed by atoms with van der Waals surface area (Å²) in [6, 6.07) is 0. The topological polar surface area (TPSA) is 124 Å². The van der Waals surface area contributed by atoms with E-state index < -0.39 is 15.9 Å². The van der Waals surface area contributed by atoms with Gasteiger partial charge < -0.3 is 15.5 Å². The Hall–Kier alpha value is -0.700. The standard InChI is InChI=1S/C26H45NO6S.CH4/c1-16(4-9-24(30)27-12-13-34(31,32)33)20-7-8-21-19-6-5-17-14-18(28)10-11-25(17,2)22(19)15-23(29)26(20,21)3;/h16-23,28-29H,4-15H2,1-3H3,(H,27,30)(H,31,32,33);1H4. The van der Waals surface area contributed by atoms with Crippen LogP contribution in [0.3, 0.4) is 0 Å². The van der Waals surface area contributed by atoms with Crippen molar-refractivity contribution in [2.75, 3.05) is 12.3 Å². The molecular formula is C27H49NO6S. The number of rotatable bonds is 7. The van der Waals surface area contributed by atoms with E-state index in [4.69, 9.17) is 4.55 Å². The van der Waals surface area contributed by atoms with Crippen molar-refractivity contribution in [3.05, 3.63) is 0 Å². The Morgan fingerprint density at radius 2 is 1.77 bits per heavy atom. The highest BCUT2D eigenvalue weighted by atomic mass is 32.2. The van der Waals surface area contributed by atoms with Crippen LogP contribution in [0.5, 0.6) is 0 Å². The number of nitrogens with one attached hydrogen (secondary N) is 1. The number of hydrogen-bond donors (Lipinski definition) is 4. The first-order chi connectivity index (χ1) is 15.9. The predicted molar refractivity (Wildman–Crippen MR) is 137 cm³/mol. The molecule has 0 aliphatic heterocycles. The summed E-state index contributed by atoms with van der Waals surface area (Å²) in [4.78, 5) is 12.2. The van der Waals surface area contributed by atoms with Crippen molar-refractivity contribution in [3.8, 4) is 0 Å². The molecule has 204 valence electrons. The van der Waals surface area contributed by atoms with Crippen molar-refractivity contribution < 1.29 is 28.0 Å². The Balaban J connectivity index is 0.00000342. The molecule has 8 heteroatoms. The van der Waals surface area contributed by atoms with Crippen molar-refractivity contribution in [1.82, 2.24) is 5.32 Å². The molecule has 4 aliphatic carbocycles. The molecule has 0 aromatic heterocycles. The Kier molecular flexibility index (Phi) is 8.73.